The third kappa shape index (κ3) is 6.64. The van der Waals surface area contributed by atoms with Gasteiger partial charge in [0.2, 0.25) is 0 Å². The fourth-order valence-electron chi connectivity index (χ4n) is 3.07. The van der Waals surface area contributed by atoms with Gasteiger partial charge in [0.25, 0.3) is 0 Å². The van der Waals surface area contributed by atoms with Crippen LogP contribution in [0.1, 0.15) is 16.8 Å². The first-order valence-electron chi connectivity index (χ1n) is 9.84. The van der Waals surface area contributed by atoms with Crippen LogP contribution in [-0.4, -0.2) is 36.1 Å². The summed E-state index contributed by atoms with van der Waals surface area (Å²) in [5.41, 5.74) is 3.25. The summed E-state index contributed by atoms with van der Waals surface area (Å²) >= 11 is 0. The molecular weight excluding hydrogens is 362 g/mol. The van der Waals surface area contributed by atoms with Crippen LogP contribution in [0.15, 0.2) is 79.0 Å². The lowest BCUT2D eigenvalue weighted by Crippen LogP contribution is -2.41. The number of hydrogen-bond acceptors (Lipinski definition) is 3. The first-order chi connectivity index (χ1) is 14.2. The lowest BCUT2D eigenvalue weighted by molar-refractivity contribution is 0.195. The van der Waals surface area contributed by atoms with Crippen molar-refractivity contribution in [2.24, 2.45) is 0 Å². The predicted octanol–water partition coefficient (Wildman–Crippen LogP) is 4.09. The highest BCUT2D eigenvalue weighted by Crippen LogP contribution is 2.11. The van der Waals surface area contributed by atoms with Crippen LogP contribution in [0.5, 0.6) is 5.75 Å². The van der Waals surface area contributed by atoms with E-state index in [1.807, 2.05) is 65.6 Å². The molecule has 0 radical (unpaired) electrons. The van der Waals surface area contributed by atoms with Gasteiger partial charge in [-0.15, -0.1) is 0 Å². The zero-order valence-electron chi connectivity index (χ0n) is 16.8. The molecule has 29 heavy (non-hydrogen) atoms. The van der Waals surface area contributed by atoms with Crippen LogP contribution in [0.25, 0.3) is 0 Å². The average molecular weight is 389 g/mol. The Hall–Kier alpha value is -3.34. The number of carbonyl (C=O) groups is 1. The molecule has 3 rings (SSSR count). The summed E-state index contributed by atoms with van der Waals surface area (Å²) in [5.74, 6) is 0.834. The molecule has 1 heterocycles. The van der Waals surface area contributed by atoms with E-state index >= 15 is 0 Å². The number of aromatic nitrogens is 1. The van der Waals surface area contributed by atoms with Crippen molar-refractivity contribution < 1.29 is 9.53 Å². The number of pyridine rings is 1. The summed E-state index contributed by atoms with van der Waals surface area (Å²) in [6.07, 6.45) is 3.33. The zero-order valence-corrected chi connectivity index (χ0v) is 16.8. The summed E-state index contributed by atoms with van der Waals surface area (Å²) in [4.78, 5) is 19.0. The van der Waals surface area contributed by atoms with E-state index in [2.05, 4.69) is 22.4 Å². The lowest BCUT2D eigenvalue weighted by atomic mass is 10.1. The van der Waals surface area contributed by atoms with Gasteiger partial charge >= 0.3 is 6.03 Å². The molecule has 3 aromatic rings. The molecule has 150 valence electrons. The van der Waals surface area contributed by atoms with Crippen LogP contribution < -0.4 is 10.1 Å². The van der Waals surface area contributed by atoms with E-state index in [-0.39, 0.29) is 6.03 Å². The largest absolute Gasteiger partial charge is 0.497 e. The van der Waals surface area contributed by atoms with Crippen molar-refractivity contribution in [1.29, 1.82) is 0 Å². The molecule has 1 N–H and O–H groups in total. The molecule has 0 atom stereocenters. The molecular formula is C24H27N3O2. The van der Waals surface area contributed by atoms with Crippen LogP contribution in [0.2, 0.25) is 0 Å². The second-order valence-corrected chi connectivity index (χ2v) is 6.81. The highest BCUT2D eigenvalue weighted by Gasteiger charge is 2.14. The van der Waals surface area contributed by atoms with Crippen LogP contribution >= 0.6 is 0 Å². The molecule has 5 heteroatoms. The van der Waals surface area contributed by atoms with Crippen molar-refractivity contribution in [3.63, 3.8) is 0 Å². The Bertz CT molecular complexity index is 868. The molecule has 2 amide bonds. The number of ether oxygens (including phenoxy) is 1. The number of nitrogens with zero attached hydrogens (tertiary/aromatic N) is 2. The maximum Gasteiger partial charge on any atom is 0.317 e. The molecule has 0 aliphatic carbocycles. The van der Waals surface area contributed by atoms with E-state index < -0.39 is 0 Å². The Balaban J connectivity index is 1.56. The number of amides is 2. The predicted molar refractivity (Wildman–Crippen MR) is 115 cm³/mol. The van der Waals surface area contributed by atoms with Crippen LogP contribution in [0, 0.1) is 0 Å². The maximum absolute atomic E-state index is 12.8. The van der Waals surface area contributed by atoms with Crippen LogP contribution in [0.4, 0.5) is 4.79 Å². The van der Waals surface area contributed by atoms with E-state index in [9.17, 15) is 4.79 Å². The number of nitrogens with one attached hydrogen (secondary N) is 1. The number of urea groups is 1. The molecule has 0 bridgehead atoms. The number of hydrogen-bond donors (Lipinski definition) is 1. The van der Waals surface area contributed by atoms with Gasteiger partial charge < -0.3 is 15.0 Å². The van der Waals surface area contributed by atoms with Gasteiger partial charge in [0, 0.05) is 19.3 Å². The van der Waals surface area contributed by atoms with E-state index in [4.69, 9.17) is 4.74 Å². The van der Waals surface area contributed by atoms with E-state index in [0.29, 0.717) is 19.6 Å². The number of benzene rings is 2. The number of methoxy groups -OCH3 is 1. The van der Waals surface area contributed by atoms with Crippen molar-refractivity contribution >= 4 is 6.03 Å². The van der Waals surface area contributed by atoms with Gasteiger partial charge in [0.1, 0.15) is 5.75 Å². The molecule has 0 unspecified atom stereocenters. The van der Waals surface area contributed by atoms with Gasteiger partial charge in [-0.3, -0.25) is 4.98 Å². The van der Waals surface area contributed by atoms with Gasteiger partial charge in [-0.05, 0) is 48.2 Å². The second kappa shape index (κ2) is 10.9. The third-order valence-electron chi connectivity index (χ3n) is 4.73. The Morgan fingerprint density at radius 1 is 0.931 bits per heavy atom. The van der Waals surface area contributed by atoms with Crippen molar-refractivity contribution in [1.82, 2.24) is 15.2 Å². The first-order valence-corrected chi connectivity index (χ1v) is 9.84. The Morgan fingerprint density at radius 3 is 2.34 bits per heavy atom. The summed E-state index contributed by atoms with van der Waals surface area (Å²) < 4.78 is 5.18. The molecule has 0 aliphatic rings. The summed E-state index contributed by atoms with van der Waals surface area (Å²) in [5, 5.41) is 3.04. The minimum absolute atomic E-state index is 0.0694. The Labute approximate surface area is 172 Å². The van der Waals surface area contributed by atoms with Crippen molar-refractivity contribution in [3.8, 4) is 5.75 Å². The summed E-state index contributed by atoms with van der Waals surface area (Å²) in [7, 11) is 1.65. The topological polar surface area (TPSA) is 54.5 Å². The molecule has 0 saturated carbocycles. The minimum Gasteiger partial charge on any atom is -0.497 e. The summed E-state index contributed by atoms with van der Waals surface area (Å²) in [6.45, 7) is 1.70. The lowest BCUT2D eigenvalue weighted by Gasteiger charge is -2.23. The normalized spacial score (nSPS) is 10.4. The quantitative estimate of drug-likeness (QED) is 0.600. The van der Waals surface area contributed by atoms with Crippen molar-refractivity contribution in [2.75, 3.05) is 20.2 Å². The molecule has 0 spiro atoms. The second-order valence-electron chi connectivity index (χ2n) is 6.81. The van der Waals surface area contributed by atoms with E-state index in [1.165, 1.54) is 5.56 Å². The fourth-order valence-corrected chi connectivity index (χ4v) is 3.07. The van der Waals surface area contributed by atoms with Crippen LogP contribution in [0.3, 0.4) is 0 Å². The van der Waals surface area contributed by atoms with Gasteiger partial charge in [0.15, 0.2) is 0 Å². The Morgan fingerprint density at radius 2 is 1.66 bits per heavy atom. The number of rotatable bonds is 9. The SMILES string of the molecule is COc1ccc(CCNC(=O)N(CCc2ccccc2)Cc2ccccn2)cc1. The fraction of sp³-hybridized carbons (Fsp3) is 0.250. The molecule has 5 nitrogen and oxygen atoms in total. The van der Waals surface area contributed by atoms with Gasteiger partial charge in [0.05, 0.1) is 19.3 Å². The molecule has 0 fully saturated rings. The molecule has 0 saturated heterocycles. The molecule has 1 aromatic heterocycles. The number of carbonyl (C=O) groups excluding carboxylic acids is 1. The van der Waals surface area contributed by atoms with Crippen molar-refractivity contribution in [2.45, 2.75) is 19.4 Å². The first kappa shape index (κ1) is 20.4. The Kier molecular flexibility index (Phi) is 7.63. The zero-order chi connectivity index (χ0) is 20.3. The smallest absolute Gasteiger partial charge is 0.317 e. The standard InChI is InChI=1S/C24H27N3O2/c1-29-23-12-10-21(11-13-23)14-17-26-24(28)27(19-22-9-5-6-16-25-22)18-15-20-7-3-2-4-8-20/h2-13,16H,14-15,17-19H2,1H3,(H,26,28). The monoisotopic (exact) mass is 389 g/mol. The highest BCUT2D eigenvalue weighted by atomic mass is 16.5. The van der Waals surface area contributed by atoms with Crippen LogP contribution in [-0.2, 0) is 19.4 Å². The molecule has 2 aromatic carbocycles. The van der Waals surface area contributed by atoms with Crippen molar-refractivity contribution in [3.05, 3.63) is 95.8 Å². The van der Waals surface area contributed by atoms with E-state index in [1.54, 1.807) is 13.3 Å². The third-order valence-corrected chi connectivity index (χ3v) is 4.73. The highest BCUT2D eigenvalue weighted by molar-refractivity contribution is 5.74. The maximum atomic E-state index is 12.8. The average Bonchev–Trinajstić information content (AvgIpc) is 2.78. The molecule has 0 aliphatic heterocycles. The van der Waals surface area contributed by atoms with Gasteiger partial charge in [-0.25, -0.2) is 4.79 Å². The summed E-state index contributed by atoms with van der Waals surface area (Å²) in [6, 6.07) is 23.8. The van der Waals surface area contributed by atoms with Gasteiger partial charge in [-0.2, -0.15) is 0 Å². The van der Waals surface area contributed by atoms with E-state index in [0.717, 1.165) is 29.8 Å². The van der Waals surface area contributed by atoms with Gasteiger partial charge in [-0.1, -0.05) is 48.5 Å². The minimum atomic E-state index is -0.0694.